The second kappa shape index (κ2) is 7.10. The van der Waals surface area contributed by atoms with Crippen LogP contribution in [-0.2, 0) is 14.3 Å². The minimum atomic E-state index is -0.801. The molecule has 1 saturated heterocycles. The molecule has 0 saturated carbocycles. The van der Waals surface area contributed by atoms with Gasteiger partial charge in [-0.25, -0.2) is 14.8 Å². The van der Waals surface area contributed by atoms with Crippen LogP contribution in [0, 0.1) is 0 Å². The van der Waals surface area contributed by atoms with Crippen molar-refractivity contribution in [2.45, 2.75) is 32.5 Å². The number of amides is 2. The smallest absolute Gasteiger partial charge is 0.410 e. The van der Waals surface area contributed by atoms with Crippen LogP contribution in [0.25, 0.3) is 0 Å². The van der Waals surface area contributed by atoms with E-state index in [1.807, 2.05) is 0 Å². The molecule has 0 spiro atoms. The zero-order valence-corrected chi connectivity index (χ0v) is 14.0. The Hall–Kier alpha value is -1.93. The van der Waals surface area contributed by atoms with Gasteiger partial charge in [-0.3, -0.25) is 4.79 Å². The summed E-state index contributed by atoms with van der Waals surface area (Å²) < 4.78 is 10.7. The lowest BCUT2D eigenvalue weighted by Crippen LogP contribution is -2.51. The molecule has 1 aliphatic rings. The number of anilines is 1. The van der Waals surface area contributed by atoms with E-state index in [0.29, 0.717) is 6.54 Å². The molecular weight excluding hydrogens is 324 g/mol. The van der Waals surface area contributed by atoms with Gasteiger partial charge in [0.1, 0.15) is 22.9 Å². The van der Waals surface area contributed by atoms with E-state index in [0.717, 1.165) is 0 Å². The summed E-state index contributed by atoms with van der Waals surface area (Å²) in [4.78, 5) is 33.3. The number of morpholine rings is 1. The summed E-state index contributed by atoms with van der Waals surface area (Å²) in [6.45, 7) is 6.09. The summed E-state index contributed by atoms with van der Waals surface area (Å²) >= 11 is 5.74. The van der Waals surface area contributed by atoms with Crippen LogP contribution in [0.4, 0.5) is 10.6 Å². The Morgan fingerprint density at radius 1 is 1.43 bits per heavy atom. The van der Waals surface area contributed by atoms with Crippen molar-refractivity contribution in [2.24, 2.45) is 0 Å². The molecule has 0 aromatic carbocycles. The van der Waals surface area contributed by atoms with E-state index in [-0.39, 0.29) is 24.1 Å². The molecule has 1 atom stereocenters. The predicted octanol–water partition coefficient (Wildman–Crippen LogP) is 1.70. The average Bonchev–Trinajstić information content (AvgIpc) is 2.45. The van der Waals surface area contributed by atoms with Crippen molar-refractivity contribution in [3.63, 3.8) is 0 Å². The molecule has 126 valence electrons. The molecule has 9 heteroatoms. The van der Waals surface area contributed by atoms with Gasteiger partial charge in [0.15, 0.2) is 6.10 Å². The summed E-state index contributed by atoms with van der Waals surface area (Å²) in [7, 11) is 0. The second-order valence-electron chi connectivity index (χ2n) is 6.00. The standard InChI is InChI=1S/C14H19ClN4O4/c1-14(2,3)23-13(21)19-4-5-22-9(7-19)12(20)18-11-6-10(15)16-8-17-11/h6,8-9H,4-5,7H2,1-3H3,(H,16,17,18,20)/t9-/m1/s1. The van der Waals surface area contributed by atoms with Gasteiger partial charge < -0.3 is 19.7 Å². The monoisotopic (exact) mass is 342 g/mol. The predicted molar refractivity (Wildman–Crippen MR) is 83.2 cm³/mol. The largest absolute Gasteiger partial charge is 0.444 e. The number of nitrogens with zero attached hydrogens (tertiary/aromatic N) is 3. The topological polar surface area (TPSA) is 93.6 Å². The molecule has 0 bridgehead atoms. The lowest BCUT2D eigenvalue weighted by atomic mass is 10.2. The van der Waals surface area contributed by atoms with E-state index >= 15 is 0 Å². The second-order valence-corrected chi connectivity index (χ2v) is 6.39. The number of carbonyl (C=O) groups is 2. The van der Waals surface area contributed by atoms with Crippen LogP contribution < -0.4 is 5.32 Å². The quantitative estimate of drug-likeness (QED) is 0.822. The zero-order chi connectivity index (χ0) is 17.0. The van der Waals surface area contributed by atoms with Crippen molar-refractivity contribution < 1.29 is 19.1 Å². The Morgan fingerprint density at radius 2 is 2.17 bits per heavy atom. The fourth-order valence-electron chi connectivity index (χ4n) is 1.91. The molecule has 1 N–H and O–H groups in total. The average molecular weight is 343 g/mol. The van der Waals surface area contributed by atoms with Gasteiger partial charge in [-0.1, -0.05) is 11.6 Å². The summed E-state index contributed by atoms with van der Waals surface area (Å²) in [5.41, 5.74) is -0.592. The number of ether oxygens (including phenoxy) is 2. The minimum absolute atomic E-state index is 0.111. The van der Waals surface area contributed by atoms with Crippen LogP contribution in [0.2, 0.25) is 5.15 Å². The molecule has 2 rings (SSSR count). The van der Waals surface area contributed by atoms with Crippen molar-refractivity contribution in [1.29, 1.82) is 0 Å². The Morgan fingerprint density at radius 3 is 2.83 bits per heavy atom. The molecule has 0 aliphatic carbocycles. The van der Waals surface area contributed by atoms with E-state index in [9.17, 15) is 9.59 Å². The molecule has 0 radical (unpaired) electrons. The van der Waals surface area contributed by atoms with E-state index < -0.39 is 23.7 Å². The van der Waals surface area contributed by atoms with Crippen LogP contribution in [0.3, 0.4) is 0 Å². The van der Waals surface area contributed by atoms with Crippen molar-refractivity contribution in [2.75, 3.05) is 25.0 Å². The highest BCUT2D eigenvalue weighted by Crippen LogP contribution is 2.15. The number of hydrogen-bond donors (Lipinski definition) is 1. The maximum atomic E-state index is 12.2. The van der Waals surface area contributed by atoms with Gasteiger partial charge >= 0.3 is 6.09 Å². The first-order valence-corrected chi connectivity index (χ1v) is 7.50. The van der Waals surface area contributed by atoms with Crippen LogP contribution >= 0.6 is 11.6 Å². The SMILES string of the molecule is CC(C)(C)OC(=O)N1CCO[C@@H](C(=O)Nc2cc(Cl)ncn2)C1. The minimum Gasteiger partial charge on any atom is -0.444 e. The third-order valence-corrected chi connectivity index (χ3v) is 3.10. The fourth-order valence-corrected chi connectivity index (χ4v) is 2.06. The van der Waals surface area contributed by atoms with Gasteiger partial charge in [0.25, 0.3) is 5.91 Å². The van der Waals surface area contributed by atoms with Crippen LogP contribution in [0.15, 0.2) is 12.4 Å². The molecule has 2 heterocycles. The first-order valence-electron chi connectivity index (χ1n) is 7.12. The fraction of sp³-hybridized carbons (Fsp3) is 0.571. The van der Waals surface area contributed by atoms with Gasteiger partial charge in [-0.2, -0.15) is 0 Å². The highest BCUT2D eigenvalue weighted by atomic mass is 35.5. The Bertz CT molecular complexity index is 590. The van der Waals surface area contributed by atoms with Gasteiger partial charge in [0.2, 0.25) is 0 Å². The Kier molecular flexibility index (Phi) is 5.38. The van der Waals surface area contributed by atoms with Gasteiger partial charge in [-0.15, -0.1) is 0 Å². The van der Waals surface area contributed by atoms with E-state index in [1.165, 1.54) is 17.3 Å². The van der Waals surface area contributed by atoms with Gasteiger partial charge in [0, 0.05) is 12.6 Å². The van der Waals surface area contributed by atoms with Crippen molar-refractivity contribution in [1.82, 2.24) is 14.9 Å². The lowest BCUT2D eigenvalue weighted by molar-refractivity contribution is -0.132. The maximum absolute atomic E-state index is 12.2. The number of carbonyl (C=O) groups excluding carboxylic acids is 2. The molecule has 23 heavy (non-hydrogen) atoms. The van der Waals surface area contributed by atoms with E-state index in [1.54, 1.807) is 20.8 Å². The number of halogens is 1. The van der Waals surface area contributed by atoms with Gasteiger partial charge in [0.05, 0.1) is 13.2 Å². The molecule has 1 aliphatic heterocycles. The molecule has 2 amide bonds. The summed E-state index contributed by atoms with van der Waals surface area (Å²) in [6, 6.07) is 1.42. The van der Waals surface area contributed by atoms with E-state index in [4.69, 9.17) is 21.1 Å². The third-order valence-electron chi connectivity index (χ3n) is 2.90. The molecule has 0 unspecified atom stereocenters. The van der Waals surface area contributed by atoms with Crippen molar-refractivity contribution in [3.8, 4) is 0 Å². The van der Waals surface area contributed by atoms with Crippen LogP contribution in [-0.4, -0.2) is 58.3 Å². The molecular formula is C14H19ClN4O4. The summed E-state index contributed by atoms with van der Waals surface area (Å²) in [6.07, 6.45) is -0.0270. The van der Waals surface area contributed by atoms with E-state index in [2.05, 4.69) is 15.3 Å². The Balaban J connectivity index is 1.95. The summed E-state index contributed by atoms with van der Waals surface area (Å²) in [5, 5.41) is 2.80. The van der Waals surface area contributed by atoms with Crippen molar-refractivity contribution >= 4 is 29.4 Å². The molecule has 1 fully saturated rings. The van der Waals surface area contributed by atoms with Crippen molar-refractivity contribution in [3.05, 3.63) is 17.5 Å². The highest BCUT2D eigenvalue weighted by Gasteiger charge is 2.31. The lowest BCUT2D eigenvalue weighted by Gasteiger charge is -2.33. The first-order chi connectivity index (χ1) is 10.7. The third kappa shape index (κ3) is 5.33. The zero-order valence-electron chi connectivity index (χ0n) is 13.2. The van der Waals surface area contributed by atoms with Crippen LogP contribution in [0.1, 0.15) is 20.8 Å². The number of rotatable bonds is 2. The first kappa shape index (κ1) is 17.4. The molecule has 8 nitrogen and oxygen atoms in total. The number of nitrogens with one attached hydrogen (secondary N) is 1. The Labute approximate surface area is 139 Å². The normalized spacial score (nSPS) is 18.4. The van der Waals surface area contributed by atoms with Crippen LogP contribution in [0.5, 0.6) is 0 Å². The number of hydrogen-bond acceptors (Lipinski definition) is 6. The maximum Gasteiger partial charge on any atom is 0.410 e. The highest BCUT2D eigenvalue weighted by molar-refractivity contribution is 6.29. The molecule has 1 aromatic heterocycles. The van der Waals surface area contributed by atoms with Gasteiger partial charge in [-0.05, 0) is 20.8 Å². The number of aromatic nitrogens is 2. The molecule has 1 aromatic rings. The summed E-state index contributed by atoms with van der Waals surface area (Å²) in [5.74, 6) is -0.138.